The van der Waals surface area contributed by atoms with Crippen LogP contribution in [0.15, 0.2) is 63.8 Å². The van der Waals surface area contributed by atoms with Crippen LogP contribution in [0.2, 0.25) is 0 Å². The van der Waals surface area contributed by atoms with Crippen LogP contribution in [0.5, 0.6) is 28.7 Å². The van der Waals surface area contributed by atoms with Gasteiger partial charge in [-0.1, -0.05) is 12.1 Å². The average Bonchev–Trinajstić information content (AvgIpc) is 3.35. The van der Waals surface area contributed by atoms with Crippen molar-refractivity contribution in [2.75, 3.05) is 33.4 Å². The number of methoxy groups -OCH3 is 3. The molecule has 3 aromatic carbocycles. The molecule has 9 nitrogen and oxygen atoms in total. The summed E-state index contributed by atoms with van der Waals surface area (Å²) in [6.45, 7) is 0.149. The predicted octanol–water partition coefficient (Wildman–Crippen LogP) is 4.47. The summed E-state index contributed by atoms with van der Waals surface area (Å²) in [5.41, 5.74) is 1.44. The summed E-state index contributed by atoms with van der Waals surface area (Å²) in [5.74, 6) is 2.02. The zero-order valence-corrected chi connectivity index (χ0v) is 19.2. The van der Waals surface area contributed by atoms with Crippen molar-refractivity contribution in [2.24, 2.45) is 0 Å². The molecule has 0 radical (unpaired) electrons. The molecule has 1 aliphatic heterocycles. The Kier molecular flexibility index (Phi) is 5.66. The largest absolute Gasteiger partial charge is 0.493 e. The minimum Gasteiger partial charge on any atom is -0.493 e. The summed E-state index contributed by atoms with van der Waals surface area (Å²) in [4.78, 5) is 25.9. The zero-order chi connectivity index (χ0) is 24.5. The molecule has 35 heavy (non-hydrogen) atoms. The van der Waals surface area contributed by atoms with Gasteiger partial charge in [-0.15, -0.1) is 0 Å². The normalized spacial score (nSPS) is 11.9. The number of benzene rings is 3. The molecule has 0 saturated heterocycles. The molecule has 0 fully saturated rings. The van der Waals surface area contributed by atoms with Gasteiger partial charge in [0.1, 0.15) is 16.7 Å². The molecule has 1 aliphatic rings. The van der Waals surface area contributed by atoms with E-state index >= 15 is 0 Å². The fraction of sp³-hybridized carbons (Fsp3) is 0.154. The second kappa shape index (κ2) is 8.94. The molecular formula is C26H21NO8. The first-order valence-corrected chi connectivity index (χ1v) is 10.6. The van der Waals surface area contributed by atoms with Crippen LogP contribution in [-0.4, -0.2) is 34.0 Å². The second-order valence-electron chi connectivity index (χ2n) is 7.60. The van der Waals surface area contributed by atoms with E-state index < -0.39 is 0 Å². The zero-order valence-electron chi connectivity index (χ0n) is 19.2. The lowest BCUT2D eigenvalue weighted by atomic mass is 10.1. The summed E-state index contributed by atoms with van der Waals surface area (Å²) in [6, 6.07) is 14.8. The molecular weight excluding hydrogens is 454 g/mol. The Hall–Kier alpha value is -4.66. The molecule has 9 heteroatoms. The number of nitrogens with one attached hydrogen (secondary N) is 1. The topological polar surface area (TPSA) is 105 Å². The molecule has 0 saturated carbocycles. The maximum atomic E-state index is 13.0. The highest BCUT2D eigenvalue weighted by molar-refractivity contribution is 6.05. The van der Waals surface area contributed by atoms with Gasteiger partial charge in [0, 0.05) is 35.0 Å². The number of rotatable bonds is 6. The monoisotopic (exact) mass is 475 g/mol. The van der Waals surface area contributed by atoms with E-state index in [2.05, 4.69) is 5.32 Å². The van der Waals surface area contributed by atoms with E-state index in [1.54, 1.807) is 48.5 Å². The van der Waals surface area contributed by atoms with Crippen LogP contribution in [-0.2, 0) is 0 Å². The van der Waals surface area contributed by atoms with Gasteiger partial charge >= 0.3 is 0 Å². The molecule has 178 valence electrons. The maximum absolute atomic E-state index is 13.0. The van der Waals surface area contributed by atoms with Gasteiger partial charge in [-0.2, -0.15) is 0 Å². The molecule has 0 atom stereocenters. The van der Waals surface area contributed by atoms with E-state index in [4.69, 9.17) is 28.1 Å². The number of hydrogen-bond acceptors (Lipinski definition) is 8. The van der Waals surface area contributed by atoms with E-state index in [1.165, 1.54) is 27.4 Å². The van der Waals surface area contributed by atoms with Crippen LogP contribution in [0, 0.1) is 0 Å². The average molecular weight is 475 g/mol. The molecule has 0 unspecified atom stereocenters. The highest BCUT2D eigenvalue weighted by Crippen LogP contribution is 2.42. The Balaban J connectivity index is 1.51. The van der Waals surface area contributed by atoms with Gasteiger partial charge in [-0.05, 0) is 24.3 Å². The molecule has 4 aromatic rings. The lowest BCUT2D eigenvalue weighted by Crippen LogP contribution is -2.12. The van der Waals surface area contributed by atoms with Crippen molar-refractivity contribution >= 4 is 22.6 Å². The van der Waals surface area contributed by atoms with E-state index in [9.17, 15) is 9.59 Å². The third-order valence-electron chi connectivity index (χ3n) is 5.56. The standard InChI is InChI=1S/C26H21NO8/c1-30-22-12-21-23(25(32-3)24(22)31-2)17(28)11-19(35-21)14-5-4-6-15(9-14)26(29)27-16-7-8-18-20(10-16)34-13-33-18/h4-12H,13H2,1-3H3,(H,27,29). The van der Waals surface area contributed by atoms with Crippen molar-refractivity contribution in [1.29, 1.82) is 0 Å². The molecule has 1 aromatic heterocycles. The van der Waals surface area contributed by atoms with Crippen LogP contribution >= 0.6 is 0 Å². The van der Waals surface area contributed by atoms with Gasteiger partial charge in [-0.25, -0.2) is 0 Å². The highest BCUT2D eigenvalue weighted by Gasteiger charge is 2.21. The summed E-state index contributed by atoms with van der Waals surface area (Å²) in [5, 5.41) is 3.06. The SMILES string of the molecule is COc1cc2oc(-c3cccc(C(=O)Nc4ccc5c(c4)OCO5)c3)cc(=O)c2c(OC)c1OC. The first-order chi connectivity index (χ1) is 17.0. The van der Waals surface area contributed by atoms with Crippen molar-refractivity contribution in [3.05, 3.63) is 70.4 Å². The highest BCUT2D eigenvalue weighted by atomic mass is 16.7. The Bertz CT molecular complexity index is 1510. The molecule has 0 aliphatic carbocycles. The number of carbonyl (C=O) groups excluding carboxylic acids is 1. The molecule has 1 amide bonds. The van der Waals surface area contributed by atoms with Gasteiger partial charge in [0.25, 0.3) is 5.91 Å². The van der Waals surface area contributed by atoms with Gasteiger partial charge in [-0.3, -0.25) is 9.59 Å². The number of fused-ring (bicyclic) bond motifs is 2. The van der Waals surface area contributed by atoms with Crippen LogP contribution < -0.4 is 34.4 Å². The number of amides is 1. The lowest BCUT2D eigenvalue weighted by molar-refractivity contribution is 0.102. The lowest BCUT2D eigenvalue weighted by Gasteiger charge is -2.14. The summed E-state index contributed by atoms with van der Waals surface area (Å²) >= 11 is 0. The number of anilines is 1. The first kappa shape index (κ1) is 22.1. The Morgan fingerprint density at radius 2 is 1.69 bits per heavy atom. The fourth-order valence-electron chi connectivity index (χ4n) is 3.92. The predicted molar refractivity (Wildman–Crippen MR) is 128 cm³/mol. The quantitative estimate of drug-likeness (QED) is 0.436. The molecule has 0 spiro atoms. The van der Waals surface area contributed by atoms with E-state index in [0.717, 1.165) is 0 Å². The van der Waals surface area contributed by atoms with Gasteiger partial charge in [0.2, 0.25) is 12.5 Å². The van der Waals surface area contributed by atoms with E-state index in [1.807, 2.05) is 0 Å². The molecule has 2 heterocycles. The molecule has 0 bridgehead atoms. The van der Waals surface area contributed by atoms with E-state index in [-0.39, 0.29) is 40.6 Å². The van der Waals surface area contributed by atoms with Crippen molar-refractivity contribution in [1.82, 2.24) is 0 Å². The Morgan fingerprint density at radius 3 is 2.46 bits per heavy atom. The summed E-state index contributed by atoms with van der Waals surface area (Å²) in [7, 11) is 4.38. The first-order valence-electron chi connectivity index (χ1n) is 10.6. The van der Waals surface area contributed by atoms with Gasteiger partial charge in [0.05, 0.1) is 21.3 Å². The minimum absolute atomic E-state index is 0.149. The van der Waals surface area contributed by atoms with Gasteiger partial charge < -0.3 is 33.4 Å². The van der Waals surface area contributed by atoms with Gasteiger partial charge in [0.15, 0.2) is 28.4 Å². The van der Waals surface area contributed by atoms with Crippen LogP contribution in [0.25, 0.3) is 22.3 Å². The third kappa shape index (κ3) is 3.97. The van der Waals surface area contributed by atoms with Crippen molar-refractivity contribution in [2.45, 2.75) is 0 Å². The molecule has 1 N–H and O–H groups in total. The van der Waals surface area contributed by atoms with E-state index in [0.29, 0.717) is 39.8 Å². The van der Waals surface area contributed by atoms with Crippen molar-refractivity contribution in [3.8, 4) is 40.1 Å². The number of ether oxygens (including phenoxy) is 5. The summed E-state index contributed by atoms with van der Waals surface area (Å²) in [6.07, 6.45) is 0. The minimum atomic E-state index is -0.332. The smallest absolute Gasteiger partial charge is 0.255 e. The number of carbonyl (C=O) groups is 1. The van der Waals surface area contributed by atoms with Crippen molar-refractivity contribution in [3.63, 3.8) is 0 Å². The van der Waals surface area contributed by atoms with Crippen LogP contribution in [0.1, 0.15) is 10.4 Å². The Labute approximate surface area is 199 Å². The second-order valence-corrected chi connectivity index (χ2v) is 7.60. The number of hydrogen-bond donors (Lipinski definition) is 1. The van der Waals surface area contributed by atoms with Crippen LogP contribution in [0.4, 0.5) is 5.69 Å². The Morgan fingerprint density at radius 1 is 0.886 bits per heavy atom. The summed E-state index contributed by atoms with van der Waals surface area (Å²) < 4.78 is 32.8. The maximum Gasteiger partial charge on any atom is 0.255 e. The molecule has 5 rings (SSSR count). The third-order valence-corrected chi connectivity index (χ3v) is 5.56. The van der Waals surface area contributed by atoms with Crippen LogP contribution in [0.3, 0.4) is 0 Å². The fourth-order valence-corrected chi connectivity index (χ4v) is 3.92. The van der Waals surface area contributed by atoms with Crippen molar-refractivity contribution < 1.29 is 32.9 Å².